The second-order valence-electron chi connectivity index (χ2n) is 6.24. The lowest BCUT2D eigenvalue weighted by Crippen LogP contribution is -2.44. The Morgan fingerprint density at radius 3 is 2.28 bits per heavy atom. The van der Waals surface area contributed by atoms with Crippen molar-refractivity contribution in [3.63, 3.8) is 0 Å². The van der Waals surface area contributed by atoms with Crippen molar-refractivity contribution in [1.29, 1.82) is 0 Å². The number of nitrogens with zero attached hydrogens (tertiary/aromatic N) is 4. The van der Waals surface area contributed by atoms with Crippen molar-refractivity contribution in [1.82, 2.24) is 19.9 Å². The van der Waals surface area contributed by atoms with Crippen molar-refractivity contribution in [2.24, 2.45) is 0 Å². The van der Waals surface area contributed by atoms with E-state index in [-0.39, 0.29) is 0 Å². The lowest BCUT2D eigenvalue weighted by Gasteiger charge is -2.34. The van der Waals surface area contributed by atoms with Crippen LogP contribution >= 0.6 is 0 Å². The highest BCUT2D eigenvalue weighted by Crippen LogP contribution is 2.26. The highest BCUT2D eigenvalue weighted by molar-refractivity contribution is 5.84. The van der Waals surface area contributed by atoms with Crippen LogP contribution in [-0.2, 0) is 0 Å². The average molecular weight is 337 g/mol. The van der Waals surface area contributed by atoms with Gasteiger partial charge >= 0.3 is 0 Å². The number of benzene rings is 1. The van der Waals surface area contributed by atoms with Crippen LogP contribution in [0.4, 0.5) is 5.69 Å². The van der Waals surface area contributed by atoms with E-state index < -0.39 is 0 Å². The number of nitrogens with one attached hydrogen (secondary N) is 1. The third-order valence-corrected chi connectivity index (χ3v) is 4.67. The topological polar surface area (TPSA) is 48.1 Å². The van der Waals surface area contributed by atoms with Gasteiger partial charge in [-0.1, -0.05) is 26.0 Å². The number of hydrogen-bond acceptors (Lipinski definition) is 4. The molecular weight excluding hydrogens is 310 g/mol. The van der Waals surface area contributed by atoms with Crippen LogP contribution in [0.3, 0.4) is 0 Å². The van der Waals surface area contributed by atoms with Crippen LogP contribution in [0, 0.1) is 6.92 Å². The summed E-state index contributed by atoms with van der Waals surface area (Å²) < 4.78 is 0. The van der Waals surface area contributed by atoms with E-state index in [0.717, 1.165) is 48.6 Å². The molecule has 1 saturated heterocycles. The molecule has 1 fully saturated rings. The summed E-state index contributed by atoms with van der Waals surface area (Å²) in [7, 11) is 2.18. The zero-order valence-corrected chi connectivity index (χ0v) is 15.6. The zero-order valence-electron chi connectivity index (χ0n) is 15.6. The number of likely N-dealkylation sites (N-methyl/N-ethyl adjacent to an activating group) is 1. The summed E-state index contributed by atoms with van der Waals surface area (Å²) in [5, 5.41) is 1.09. The maximum Gasteiger partial charge on any atom is 0.141 e. The molecule has 1 aliphatic rings. The summed E-state index contributed by atoms with van der Waals surface area (Å²) in [6.07, 6.45) is 1.61. The first-order chi connectivity index (χ1) is 12.2. The molecule has 132 valence electrons. The van der Waals surface area contributed by atoms with E-state index in [0.29, 0.717) is 0 Å². The van der Waals surface area contributed by atoms with E-state index in [4.69, 9.17) is 0 Å². The Morgan fingerprint density at radius 1 is 0.960 bits per heavy atom. The molecule has 0 amide bonds. The van der Waals surface area contributed by atoms with Crippen molar-refractivity contribution in [3.8, 4) is 11.3 Å². The number of H-pyrrole nitrogens is 1. The third kappa shape index (κ3) is 3.66. The summed E-state index contributed by atoms with van der Waals surface area (Å²) in [4.78, 5) is 16.8. The Kier molecular flexibility index (Phi) is 5.34. The fourth-order valence-corrected chi connectivity index (χ4v) is 3.14. The third-order valence-electron chi connectivity index (χ3n) is 4.67. The molecule has 2 aromatic heterocycles. The Balaban J connectivity index is 0.000000880. The minimum absolute atomic E-state index is 0.899. The van der Waals surface area contributed by atoms with Crippen molar-refractivity contribution < 1.29 is 0 Å². The highest BCUT2D eigenvalue weighted by Gasteiger charge is 2.14. The van der Waals surface area contributed by atoms with Crippen LogP contribution in [0.5, 0.6) is 0 Å². The van der Waals surface area contributed by atoms with Crippen LogP contribution in [0.2, 0.25) is 0 Å². The van der Waals surface area contributed by atoms with Crippen LogP contribution in [0.25, 0.3) is 22.3 Å². The van der Waals surface area contributed by atoms with Crippen molar-refractivity contribution >= 4 is 16.7 Å². The number of aromatic amines is 1. The van der Waals surface area contributed by atoms with Crippen molar-refractivity contribution in [2.75, 3.05) is 38.1 Å². The number of hydrogen-bond donors (Lipinski definition) is 1. The molecule has 0 unspecified atom stereocenters. The van der Waals surface area contributed by atoms with Gasteiger partial charge in [0.05, 0.1) is 5.69 Å². The second-order valence-corrected chi connectivity index (χ2v) is 6.24. The maximum atomic E-state index is 4.31. The Hall–Kier alpha value is -2.40. The largest absolute Gasteiger partial charge is 0.369 e. The van der Waals surface area contributed by atoms with Crippen molar-refractivity contribution in [2.45, 2.75) is 20.8 Å². The van der Waals surface area contributed by atoms with Gasteiger partial charge in [0.15, 0.2) is 0 Å². The maximum absolute atomic E-state index is 4.31. The van der Waals surface area contributed by atoms with Gasteiger partial charge in [0.25, 0.3) is 0 Å². The molecule has 25 heavy (non-hydrogen) atoms. The predicted molar refractivity (Wildman–Crippen MR) is 105 cm³/mol. The zero-order chi connectivity index (χ0) is 17.8. The quantitative estimate of drug-likeness (QED) is 0.774. The lowest BCUT2D eigenvalue weighted by atomic mass is 10.1. The van der Waals surface area contributed by atoms with Crippen LogP contribution < -0.4 is 4.90 Å². The molecule has 0 saturated carbocycles. The fraction of sp³-hybridized carbons (Fsp3) is 0.400. The summed E-state index contributed by atoms with van der Waals surface area (Å²) in [5.41, 5.74) is 5.48. The highest BCUT2D eigenvalue weighted by atomic mass is 15.2. The molecule has 5 heteroatoms. The van der Waals surface area contributed by atoms with E-state index >= 15 is 0 Å². The van der Waals surface area contributed by atoms with Gasteiger partial charge in [-0.05, 0) is 37.7 Å². The average Bonchev–Trinajstić information content (AvgIpc) is 3.10. The van der Waals surface area contributed by atoms with Gasteiger partial charge in [-0.3, -0.25) is 0 Å². The lowest BCUT2D eigenvalue weighted by molar-refractivity contribution is 0.313. The molecule has 0 aliphatic carbocycles. The van der Waals surface area contributed by atoms with E-state index in [1.165, 1.54) is 11.3 Å². The first kappa shape index (κ1) is 17.4. The molecule has 0 radical (unpaired) electrons. The van der Waals surface area contributed by atoms with Gasteiger partial charge in [-0.2, -0.15) is 0 Å². The first-order valence-corrected chi connectivity index (χ1v) is 9.05. The number of anilines is 1. The van der Waals surface area contributed by atoms with Gasteiger partial charge in [0.1, 0.15) is 12.0 Å². The molecule has 0 bridgehead atoms. The van der Waals surface area contributed by atoms with Crippen LogP contribution in [0.15, 0.2) is 36.7 Å². The van der Waals surface area contributed by atoms with Gasteiger partial charge in [0, 0.05) is 42.9 Å². The number of fused-ring (bicyclic) bond motifs is 1. The smallest absolute Gasteiger partial charge is 0.141 e. The standard InChI is InChI=1S/C18H21N5.C2H6/c1-13-16-11-17(21-18(16)20-12-19-13)14-3-5-15(6-4-14)23-9-7-22(2)8-10-23;1-2/h3-6,11-12H,7-10H2,1-2H3,(H,19,20,21);1-2H3. The van der Waals surface area contributed by atoms with Gasteiger partial charge < -0.3 is 14.8 Å². The fourth-order valence-electron chi connectivity index (χ4n) is 3.14. The van der Waals surface area contributed by atoms with Gasteiger partial charge in [-0.15, -0.1) is 0 Å². The molecular formula is C20H27N5. The molecule has 1 aliphatic heterocycles. The normalized spacial score (nSPS) is 15.1. The van der Waals surface area contributed by atoms with E-state index in [1.807, 2.05) is 20.8 Å². The number of aromatic nitrogens is 3. The van der Waals surface area contributed by atoms with Crippen LogP contribution in [0.1, 0.15) is 19.5 Å². The summed E-state index contributed by atoms with van der Waals surface area (Å²) in [5.74, 6) is 0. The summed E-state index contributed by atoms with van der Waals surface area (Å²) in [6, 6.07) is 10.9. The van der Waals surface area contributed by atoms with E-state index in [9.17, 15) is 0 Å². The van der Waals surface area contributed by atoms with E-state index in [1.54, 1.807) is 6.33 Å². The minimum Gasteiger partial charge on any atom is -0.369 e. The predicted octanol–water partition coefficient (Wildman–Crippen LogP) is 3.71. The molecule has 5 nitrogen and oxygen atoms in total. The molecule has 3 aromatic rings. The minimum atomic E-state index is 0.899. The SMILES string of the molecule is CC.Cc1ncnc2[nH]c(-c3ccc(N4CCN(C)CC4)cc3)cc12. The Bertz CT molecular complexity index is 814. The Labute approximate surface area is 149 Å². The number of piperazine rings is 1. The monoisotopic (exact) mass is 337 g/mol. The molecule has 3 heterocycles. The number of aryl methyl sites for hydroxylation is 1. The molecule has 0 atom stereocenters. The molecule has 1 N–H and O–H groups in total. The second kappa shape index (κ2) is 7.66. The summed E-state index contributed by atoms with van der Waals surface area (Å²) >= 11 is 0. The van der Waals surface area contributed by atoms with Gasteiger partial charge in [-0.25, -0.2) is 9.97 Å². The van der Waals surface area contributed by atoms with Gasteiger partial charge in [0.2, 0.25) is 0 Å². The van der Waals surface area contributed by atoms with Crippen molar-refractivity contribution in [3.05, 3.63) is 42.4 Å². The molecule has 1 aromatic carbocycles. The van der Waals surface area contributed by atoms with E-state index in [2.05, 4.69) is 62.1 Å². The molecule has 4 rings (SSSR count). The Morgan fingerprint density at radius 2 is 1.64 bits per heavy atom. The summed E-state index contributed by atoms with van der Waals surface area (Å²) in [6.45, 7) is 10.5. The van der Waals surface area contributed by atoms with Crippen LogP contribution in [-0.4, -0.2) is 53.1 Å². The first-order valence-electron chi connectivity index (χ1n) is 9.05. The number of rotatable bonds is 2. The molecule has 0 spiro atoms.